The van der Waals surface area contributed by atoms with Gasteiger partial charge in [0.1, 0.15) is 5.52 Å². The van der Waals surface area contributed by atoms with Crippen LogP contribution in [-0.2, 0) is 6.54 Å². The Bertz CT molecular complexity index is 1390. The lowest BCUT2D eigenvalue weighted by Crippen LogP contribution is -2.31. The van der Waals surface area contributed by atoms with Crippen molar-refractivity contribution >= 4 is 39.5 Å². The van der Waals surface area contributed by atoms with Crippen molar-refractivity contribution in [3.63, 3.8) is 0 Å². The van der Waals surface area contributed by atoms with Crippen molar-refractivity contribution < 1.29 is 4.42 Å². The van der Waals surface area contributed by atoms with Crippen LogP contribution in [-0.4, -0.2) is 11.0 Å². The molecule has 0 saturated carbocycles. The van der Waals surface area contributed by atoms with Crippen LogP contribution < -0.4 is 5.32 Å². The third kappa shape index (κ3) is 5.22. The van der Waals surface area contributed by atoms with Gasteiger partial charge in [-0.25, -0.2) is 4.98 Å². The van der Waals surface area contributed by atoms with E-state index < -0.39 is 0 Å². The van der Waals surface area contributed by atoms with Crippen molar-refractivity contribution in [3.05, 3.63) is 119 Å². The molecule has 1 aromatic heterocycles. The first kappa shape index (κ1) is 22.4. The summed E-state index contributed by atoms with van der Waals surface area (Å²) in [4.78, 5) is 4.59. The van der Waals surface area contributed by atoms with E-state index in [1.54, 1.807) is 0 Å². The van der Waals surface area contributed by atoms with Crippen LogP contribution in [0.5, 0.6) is 0 Å². The number of nitrogens with one attached hydrogen (secondary N) is 1. The maximum absolute atomic E-state index is 6.16. The van der Waals surface area contributed by atoms with Crippen LogP contribution in [0.2, 0.25) is 5.02 Å². The van der Waals surface area contributed by atoms with Crippen LogP contribution in [0, 0.1) is 0 Å². The number of nitrogens with zero attached hydrogens (tertiary/aromatic N) is 1. The molecule has 0 aliphatic rings. The van der Waals surface area contributed by atoms with Crippen LogP contribution in [0.3, 0.4) is 0 Å². The number of fused-ring (bicyclic) bond motifs is 2. The monoisotopic (exact) mass is 466 g/mol. The molecule has 2 unspecified atom stereocenters. The van der Waals surface area contributed by atoms with Gasteiger partial charge in [0, 0.05) is 17.0 Å². The molecule has 5 aromatic rings. The first-order valence-electron chi connectivity index (χ1n) is 11.6. The number of benzene rings is 4. The molecule has 0 bridgehead atoms. The second kappa shape index (κ2) is 10.3. The van der Waals surface area contributed by atoms with Gasteiger partial charge >= 0.3 is 0 Å². The van der Waals surface area contributed by atoms with Gasteiger partial charge in [0.25, 0.3) is 0 Å². The predicted octanol–water partition coefficient (Wildman–Crippen LogP) is 8.00. The molecule has 170 valence electrons. The van der Waals surface area contributed by atoms with Crippen molar-refractivity contribution in [3.8, 4) is 0 Å². The summed E-state index contributed by atoms with van der Waals surface area (Å²) in [5.41, 5.74) is 4.17. The van der Waals surface area contributed by atoms with Crippen molar-refractivity contribution in [1.29, 1.82) is 0 Å². The molecule has 3 nitrogen and oxygen atoms in total. The number of hydrogen-bond donors (Lipinski definition) is 1. The fourth-order valence-electron chi connectivity index (χ4n) is 4.39. The minimum atomic E-state index is 0.206. The van der Waals surface area contributed by atoms with Gasteiger partial charge < -0.3 is 9.73 Å². The Balaban J connectivity index is 1.31. The molecular weight excluding hydrogens is 440 g/mol. The fourth-order valence-corrected chi connectivity index (χ4v) is 4.51. The van der Waals surface area contributed by atoms with E-state index in [0.29, 0.717) is 12.4 Å². The van der Waals surface area contributed by atoms with Gasteiger partial charge in [-0.3, -0.25) is 0 Å². The summed E-state index contributed by atoms with van der Waals surface area (Å²) < 4.78 is 5.89. The lowest BCUT2D eigenvalue weighted by molar-refractivity contribution is 0.419. The topological polar surface area (TPSA) is 38.1 Å². The van der Waals surface area contributed by atoms with Gasteiger partial charge in [0.05, 0.1) is 6.54 Å². The van der Waals surface area contributed by atoms with Crippen LogP contribution in [0.15, 0.2) is 101 Å². The summed E-state index contributed by atoms with van der Waals surface area (Å²) in [6, 6.07) is 31.3. The zero-order valence-corrected chi connectivity index (χ0v) is 19.9. The molecule has 0 amide bonds. The summed E-state index contributed by atoms with van der Waals surface area (Å²) >= 11 is 6.16. The molecule has 0 radical (unpaired) electrons. The van der Waals surface area contributed by atoms with Gasteiger partial charge in [-0.2, -0.15) is 0 Å². The first-order valence-corrected chi connectivity index (χ1v) is 12.0. The van der Waals surface area contributed by atoms with E-state index in [4.69, 9.17) is 16.0 Å². The number of allylic oxidation sites excluding steroid dienone is 1. The van der Waals surface area contributed by atoms with E-state index in [2.05, 4.69) is 84.0 Å². The number of oxazole rings is 1. The highest BCUT2D eigenvalue weighted by Gasteiger charge is 2.19. The first-order chi connectivity index (χ1) is 16.7. The largest absolute Gasteiger partial charge is 0.439 e. The highest BCUT2D eigenvalue weighted by atomic mass is 35.5. The van der Waals surface area contributed by atoms with Crippen molar-refractivity contribution in [1.82, 2.24) is 10.3 Å². The average molecular weight is 467 g/mol. The molecule has 5 rings (SSSR count). The predicted molar refractivity (Wildman–Crippen MR) is 142 cm³/mol. The van der Waals surface area contributed by atoms with Crippen molar-refractivity contribution in [2.45, 2.75) is 31.8 Å². The molecule has 0 fully saturated rings. The fraction of sp³-hybridized carbons (Fsp3) is 0.167. The summed E-state index contributed by atoms with van der Waals surface area (Å²) in [7, 11) is 0. The van der Waals surface area contributed by atoms with E-state index in [-0.39, 0.29) is 12.0 Å². The maximum atomic E-state index is 6.16. The van der Waals surface area contributed by atoms with Gasteiger partial charge in [0.2, 0.25) is 5.89 Å². The molecule has 4 aromatic carbocycles. The van der Waals surface area contributed by atoms with E-state index in [9.17, 15) is 0 Å². The van der Waals surface area contributed by atoms with E-state index in [0.717, 1.165) is 22.5 Å². The molecule has 1 N–H and O–H groups in total. The molecule has 1 heterocycles. The highest BCUT2D eigenvalue weighted by Crippen LogP contribution is 2.27. The van der Waals surface area contributed by atoms with Crippen LogP contribution in [0.1, 0.15) is 36.3 Å². The van der Waals surface area contributed by atoms with Gasteiger partial charge in [-0.05, 0) is 65.6 Å². The minimum absolute atomic E-state index is 0.206. The van der Waals surface area contributed by atoms with Crippen LogP contribution >= 0.6 is 11.6 Å². The Morgan fingerprint density at radius 1 is 0.912 bits per heavy atom. The Morgan fingerprint density at radius 2 is 1.68 bits per heavy atom. The van der Waals surface area contributed by atoms with Gasteiger partial charge in [-0.1, -0.05) is 84.4 Å². The SMILES string of the molecule is CC(NCc1nc2ccccc2o1)C(CC=Cc1ccc2ccccc2c1)c1ccc(Cl)cc1. The molecule has 0 saturated heterocycles. The highest BCUT2D eigenvalue weighted by molar-refractivity contribution is 6.30. The van der Waals surface area contributed by atoms with E-state index in [1.807, 2.05) is 36.4 Å². The molecule has 0 aliphatic heterocycles. The number of rotatable bonds is 8. The lowest BCUT2D eigenvalue weighted by atomic mass is 9.89. The van der Waals surface area contributed by atoms with Crippen LogP contribution in [0.4, 0.5) is 0 Å². The smallest absolute Gasteiger partial charge is 0.209 e. The maximum Gasteiger partial charge on any atom is 0.209 e. The molecule has 34 heavy (non-hydrogen) atoms. The molecular formula is C30H27ClN2O. The lowest BCUT2D eigenvalue weighted by Gasteiger charge is -2.24. The Morgan fingerprint density at radius 3 is 2.50 bits per heavy atom. The molecule has 0 aliphatic carbocycles. The van der Waals surface area contributed by atoms with E-state index in [1.165, 1.54) is 21.9 Å². The second-order valence-corrected chi connectivity index (χ2v) is 9.08. The summed E-state index contributed by atoms with van der Waals surface area (Å²) in [5.74, 6) is 0.980. The van der Waals surface area contributed by atoms with Crippen LogP contribution in [0.25, 0.3) is 27.9 Å². The molecule has 4 heteroatoms. The Labute approximate surface area is 205 Å². The third-order valence-corrected chi connectivity index (χ3v) is 6.54. The number of para-hydroxylation sites is 2. The Kier molecular flexibility index (Phi) is 6.75. The normalized spacial score (nSPS) is 13.6. The zero-order valence-electron chi connectivity index (χ0n) is 19.1. The zero-order chi connectivity index (χ0) is 23.3. The number of halogens is 1. The quantitative estimate of drug-likeness (QED) is 0.251. The van der Waals surface area contributed by atoms with E-state index >= 15 is 0 Å². The molecule has 2 atom stereocenters. The molecule has 0 spiro atoms. The van der Waals surface area contributed by atoms with Gasteiger partial charge in [0.15, 0.2) is 5.58 Å². The van der Waals surface area contributed by atoms with Crippen molar-refractivity contribution in [2.24, 2.45) is 0 Å². The minimum Gasteiger partial charge on any atom is -0.439 e. The average Bonchev–Trinajstić information content (AvgIpc) is 3.29. The van der Waals surface area contributed by atoms with Crippen molar-refractivity contribution in [2.75, 3.05) is 0 Å². The summed E-state index contributed by atoms with van der Waals surface area (Å²) in [6.45, 7) is 2.79. The second-order valence-electron chi connectivity index (χ2n) is 8.65. The number of aromatic nitrogens is 1. The number of hydrogen-bond acceptors (Lipinski definition) is 3. The third-order valence-electron chi connectivity index (χ3n) is 6.29. The summed E-state index contributed by atoms with van der Waals surface area (Å²) in [6.07, 6.45) is 5.38. The Hall–Kier alpha value is -3.40. The van der Waals surface area contributed by atoms with Gasteiger partial charge in [-0.15, -0.1) is 0 Å². The summed E-state index contributed by atoms with van der Waals surface area (Å²) in [5, 5.41) is 6.89. The standard InChI is InChI=1S/C30H27ClN2O/c1-21(32-20-30-33-28-11-4-5-12-29(28)34-30)27(24-15-17-26(31)18-16-24)10-6-7-22-13-14-23-8-2-3-9-25(23)19-22/h2-9,11-19,21,27,32H,10,20H2,1H3.